The first-order valence-electron chi connectivity index (χ1n) is 16.0. The van der Waals surface area contributed by atoms with Gasteiger partial charge in [-0.15, -0.1) is 0 Å². The lowest BCUT2D eigenvalue weighted by atomic mass is 9.92. The third-order valence-electron chi connectivity index (χ3n) is 8.38. The minimum Gasteiger partial charge on any atom is -0.494 e. The Hall–Kier alpha value is -3.98. The summed E-state index contributed by atoms with van der Waals surface area (Å²) in [6, 6.07) is 20.4. The molecule has 5 aromatic rings. The topological polar surface area (TPSA) is 84.4 Å². The lowest BCUT2D eigenvalue weighted by Gasteiger charge is -2.35. The zero-order valence-corrected chi connectivity index (χ0v) is 27.3. The van der Waals surface area contributed by atoms with Crippen LogP contribution in [0.3, 0.4) is 0 Å². The molecule has 0 saturated heterocycles. The summed E-state index contributed by atoms with van der Waals surface area (Å²) < 4.78 is 14.0. The van der Waals surface area contributed by atoms with E-state index in [2.05, 4.69) is 19.9 Å². The van der Waals surface area contributed by atoms with Crippen LogP contribution >= 0.6 is 23.2 Å². The maximum Gasteiger partial charge on any atom is 0.416 e. The van der Waals surface area contributed by atoms with Gasteiger partial charge in [-0.3, -0.25) is 4.90 Å². The van der Waals surface area contributed by atoms with E-state index in [1.54, 1.807) is 29.2 Å². The van der Waals surface area contributed by atoms with Gasteiger partial charge in [-0.25, -0.2) is 9.78 Å². The van der Waals surface area contributed by atoms with Gasteiger partial charge < -0.3 is 24.3 Å². The fraction of sp³-hybridized carbons (Fsp3) is 0.333. The van der Waals surface area contributed by atoms with Gasteiger partial charge in [0.25, 0.3) is 0 Å². The van der Waals surface area contributed by atoms with Crippen molar-refractivity contribution in [2.75, 3.05) is 26.2 Å². The number of aromatic nitrogens is 3. The fourth-order valence-corrected chi connectivity index (χ4v) is 6.34. The van der Waals surface area contributed by atoms with Crippen LogP contribution in [0.1, 0.15) is 55.0 Å². The molecule has 3 heterocycles. The summed E-state index contributed by atoms with van der Waals surface area (Å²) in [7, 11) is 0. The number of carbonyl (C=O) groups is 1. The van der Waals surface area contributed by atoms with Crippen LogP contribution in [0.4, 0.5) is 4.79 Å². The van der Waals surface area contributed by atoms with Crippen molar-refractivity contribution in [2.24, 2.45) is 0 Å². The number of hydrogen-bond acceptors (Lipinski definition) is 5. The molecule has 1 aliphatic rings. The molecule has 3 aromatic carbocycles. The first kappa shape index (κ1) is 32.0. The number of nitrogens with one attached hydrogen (secondary N) is 2. The molecule has 0 saturated carbocycles. The highest BCUT2D eigenvalue weighted by molar-refractivity contribution is 6.31. The van der Waals surface area contributed by atoms with E-state index >= 15 is 0 Å². The average Bonchev–Trinajstić information content (AvgIpc) is 3.72. The van der Waals surface area contributed by atoms with Gasteiger partial charge in [0.15, 0.2) is 0 Å². The molecule has 8 nitrogen and oxygen atoms in total. The van der Waals surface area contributed by atoms with Gasteiger partial charge in [0.2, 0.25) is 0 Å². The number of aromatic amines is 1. The summed E-state index contributed by atoms with van der Waals surface area (Å²) in [5.74, 6) is 1.27. The van der Waals surface area contributed by atoms with Crippen molar-refractivity contribution in [3.63, 3.8) is 0 Å². The molecule has 2 aromatic heterocycles. The molecule has 0 radical (unpaired) electrons. The number of ether oxygens (including phenoxy) is 2. The molecule has 0 spiro atoms. The molecule has 2 N–H and O–H groups in total. The van der Waals surface area contributed by atoms with E-state index < -0.39 is 6.09 Å². The van der Waals surface area contributed by atoms with Gasteiger partial charge in [0, 0.05) is 52.1 Å². The van der Waals surface area contributed by atoms with Gasteiger partial charge in [-0.05, 0) is 104 Å². The van der Waals surface area contributed by atoms with Crippen molar-refractivity contribution >= 4 is 40.2 Å². The monoisotopic (exact) mass is 659 g/mol. The number of unbranched alkanes of at least 4 members (excludes halogenated alkanes) is 3. The second-order valence-corrected chi connectivity index (χ2v) is 12.5. The van der Waals surface area contributed by atoms with Crippen molar-refractivity contribution in [2.45, 2.75) is 51.1 Å². The van der Waals surface area contributed by atoms with Crippen LogP contribution in [0.2, 0.25) is 10.0 Å². The highest BCUT2D eigenvalue weighted by Crippen LogP contribution is 2.40. The number of halogens is 2. The Morgan fingerprint density at radius 3 is 2.48 bits per heavy atom. The number of fused-ring (bicyclic) bond motifs is 3. The summed E-state index contributed by atoms with van der Waals surface area (Å²) >= 11 is 12.4. The Morgan fingerprint density at radius 2 is 1.67 bits per heavy atom. The van der Waals surface area contributed by atoms with Crippen LogP contribution in [0.15, 0.2) is 85.5 Å². The number of hydrogen-bond donors (Lipinski definition) is 2. The molecule has 0 bridgehead atoms. The fourth-order valence-electron chi connectivity index (χ4n) is 6.04. The van der Waals surface area contributed by atoms with Crippen LogP contribution in [-0.4, -0.2) is 51.8 Å². The number of imidazole rings is 1. The molecule has 0 fully saturated rings. The standard InChI is InChI=1S/C36H39Cl2N5O3/c37-27-8-13-30(14-9-27)46-36(44)43-21-16-31-32-24-28(38)10-15-33(32)41-34(31)35(43)26-6-11-29(12-7-26)45-23-4-2-1-3-17-39-18-5-20-42-22-19-40-25-42/h6-15,19,22,24-25,35,39,41H,1-5,16-18,20-21,23H2. The van der Waals surface area contributed by atoms with Crippen molar-refractivity contribution in [1.82, 2.24) is 24.8 Å². The number of rotatable bonds is 14. The van der Waals surface area contributed by atoms with E-state index in [4.69, 9.17) is 32.7 Å². The summed E-state index contributed by atoms with van der Waals surface area (Å²) in [5, 5.41) is 5.88. The van der Waals surface area contributed by atoms with Crippen LogP contribution in [0.5, 0.6) is 11.5 Å². The molecule has 46 heavy (non-hydrogen) atoms. The third-order valence-corrected chi connectivity index (χ3v) is 8.87. The largest absolute Gasteiger partial charge is 0.494 e. The number of aryl methyl sites for hydroxylation is 1. The lowest BCUT2D eigenvalue weighted by Crippen LogP contribution is -2.42. The van der Waals surface area contributed by atoms with Crippen LogP contribution < -0.4 is 14.8 Å². The Bertz CT molecular complexity index is 1700. The molecule has 6 rings (SSSR count). The van der Waals surface area contributed by atoms with E-state index in [0.29, 0.717) is 35.4 Å². The van der Waals surface area contributed by atoms with Crippen molar-refractivity contribution in [1.29, 1.82) is 0 Å². The van der Waals surface area contributed by atoms with E-state index in [1.807, 2.05) is 61.2 Å². The molecular formula is C36H39Cl2N5O3. The first-order chi connectivity index (χ1) is 22.5. The number of H-pyrrole nitrogens is 1. The smallest absolute Gasteiger partial charge is 0.416 e. The summed E-state index contributed by atoms with van der Waals surface area (Å²) in [5.41, 5.74) is 4.10. The van der Waals surface area contributed by atoms with E-state index in [1.165, 1.54) is 18.4 Å². The van der Waals surface area contributed by atoms with E-state index in [-0.39, 0.29) is 6.04 Å². The summed E-state index contributed by atoms with van der Waals surface area (Å²) in [6.07, 6.45) is 11.5. The highest BCUT2D eigenvalue weighted by atomic mass is 35.5. The Labute approximate surface area is 279 Å². The first-order valence-corrected chi connectivity index (χ1v) is 16.7. The third kappa shape index (κ3) is 8.05. The van der Waals surface area contributed by atoms with E-state index in [0.717, 1.165) is 66.8 Å². The summed E-state index contributed by atoms with van der Waals surface area (Å²) in [4.78, 5) is 23.0. The molecule has 0 aliphatic carbocycles. The maximum atomic E-state index is 13.5. The molecule has 1 aliphatic heterocycles. The minimum absolute atomic E-state index is 0.358. The molecule has 10 heteroatoms. The van der Waals surface area contributed by atoms with Gasteiger partial charge in [0.1, 0.15) is 17.5 Å². The van der Waals surface area contributed by atoms with Crippen molar-refractivity contribution < 1.29 is 14.3 Å². The SMILES string of the molecule is O=C(Oc1ccc(Cl)cc1)N1CCc2c([nH]c3ccc(Cl)cc23)C1c1ccc(OCCCCCCNCCCn2ccnc2)cc1. The van der Waals surface area contributed by atoms with Gasteiger partial charge in [-0.1, -0.05) is 48.2 Å². The molecular weight excluding hydrogens is 621 g/mol. The lowest BCUT2D eigenvalue weighted by molar-refractivity contribution is 0.135. The quantitative estimate of drug-likeness (QED) is 0.117. The van der Waals surface area contributed by atoms with Gasteiger partial charge >= 0.3 is 6.09 Å². The number of carbonyl (C=O) groups excluding carboxylic acids is 1. The Kier molecular flexibility index (Phi) is 10.8. The van der Waals surface area contributed by atoms with Crippen LogP contribution in [0, 0.1) is 0 Å². The predicted molar refractivity (Wildman–Crippen MR) is 183 cm³/mol. The zero-order valence-electron chi connectivity index (χ0n) is 25.8. The number of benzene rings is 3. The van der Waals surface area contributed by atoms with Crippen LogP contribution in [-0.2, 0) is 13.0 Å². The highest BCUT2D eigenvalue weighted by Gasteiger charge is 2.35. The molecule has 240 valence electrons. The van der Waals surface area contributed by atoms with Crippen LogP contribution in [0.25, 0.3) is 10.9 Å². The predicted octanol–water partition coefficient (Wildman–Crippen LogP) is 8.44. The average molecular weight is 661 g/mol. The van der Waals surface area contributed by atoms with Crippen molar-refractivity contribution in [3.05, 3.63) is 112 Å². The number of amides is 1. The second-order valence-electron chi connectivity index (χ2n) is 11.6. The van der Waals surface area contributed by atoms with E-state index in [9.17, 15) is 4.79 Å². The second kappa shape index (κ2) is 15.5. The molecule has 1 amide bonds. The summed E-state index contributed by atoms with van der Waals surface area (Å²) in [6.45, 7) is 4.25. The zero-order chi connectivity index (χ0) is 31.7. The number of nitrogens with zero attached hydrogens (tertiary/aromatic N) is 3. The van der Waals surface area contributed by atoms with Crippen molar-refractivity contribution in [3.8, 4) is 11.5 Å². The normalized spacial score (nSPS) is 14.4. The Balaban J connectivity index is 1.03. The Morgan fingerprint density at radius 1 is 0.913 bits per heavy atom. The maximum absolute atomic E-state index is 13.5. The molecule has 1 unspecified atom stereocenters. The van der Waals surface area contributed by atoms with Gasteiger partial charge in [0.05, 0.1) is 12.9 Å². The van der Waals surface area contributed by atoms with Gasteiger partial charge in [-0.2, -0.15) is 0 Å². The minimum atomic E-state index is -0.417. The molecule has 1 atom stereocenters.